The Bertz CT molecular complexity index is 478. The van der Waals surface area contributed by atoms with Crippen molar-refractivity contribution in [1.82, 2.24) is 0 Å². The fourth-order valence-corrected chi connectivity index (χ4v) is 6.82. The van der Waals surface area contributed by atoms with Gasteiger partial charge in [0.25, 0.3) is 0 Å². The number of carbonyl (C=O) groups is 1. The van der Waals surface area contributed by atoms with Gasteiger partial charge >= 0.3 is 0 Å². The predicted molar refractivity (Wildman–Crippen MR) is 85.9 cm³/mol. The summed E-state index contributed by atoms with van der Waals surface area (Å²) < 4.78 is 0. The molecule has 0 aliphatic heterocycles. The van der Waals surface area contributed by atoms with Crippen molar-refractivity contribution < 1.29 is 4.79 Å². The van der Waals surface area contributed by atoms with Gasteiger partial charge in [-0.3, -0.25) is 0 Å². The molecular formula is C20H30O. The fourth-order valence-electron chi connectivity index (χ4n) is 6.82. The van der Waals surface area contributed by atoms with E-state index in [0.29, 0.717) is 11.3 Å². The van der Waals surface area contributed by atoms with Crippen LogP contribution < -0.4 is 0 Å². The Labute approximate surface area is 129 Å². The van der Waals surface area contributed by atoms with Gasteiger partial charge in [-0.2, -0.15) is 0 Å². The van der Waals surface area contributed by atoms with E-state index in [4.69, 9.17) is 0 Å². The molecule has 21 heavy (non-hydrogen) atoms. The molecule has 0 saturated heterocycles. The lowest BCUT2D eigenvalue weighted by Gasteiger charge is -2.56. The van der Waals surface area contributed by atoms with E-state index in [2.05, 4.69) is 19.9 Å². The van der Waals surface area contributed by atoms with Crippen LogP contribution in [0.5, 0.6) is 0 Å². The molecule has 0 aromatic heterocycles. The van der Waals surface area contributed by atoms with Gasteiger partial charge in [-0.05, 0) is 73.5 Å². The van der Waals surface area contributed by atoms with E-state index in [1.54, 1.807) is 0 Å². The Balaban J connectivity index is 1.71. The van der Waals surface area contributed by atoms with E-state index >= 15 is 0 Å². The van der Waals surface area contributed by atoms with Crippen LogP contribution in [0.2, 0.25) is 0 Å². The monoisotopic (exact) mass is 286 g/mol. The molecule has 0 heterocycles. The van der Waals surface area contributed by atoms with Gasteiger partial charge in [-0.25, -0.2) is 0 Å². The lowest BCUT2D eigenvalue weighted by atomic mass is 9.49. The number of hydrogen-bond acceptors (Lipinski definition) is 1. The maximum Gasteiger partial charge on any atom is 0.123 e. The Hall–Kier alpha value is -0.590. The summed E-state index contributed by atoms with van der Waals surface area (Å²) in [7, 11) is 0. The summed E-state index contributed by atoms with van der Waals surface area (Å²) in [5.41, 5.74) is 2.60. The molecule has 0 amide bonds. The van der Waals surface area contributed by atoms with E-state index < -0.39 is 0 Å². The lowest BCUT2D eigenvalue weighted by Crippen LogP contribution is -2.47. The highest BCUT2D eigenvalue weighted by Crippen LogP contribution is 2.65. The second kappa shape index (κ2) is 4.70. The molecular weight excluding hydrogens is 256 g/mol. The summed E-state index contributed by atoms with van der Waals surface area (Å²) in [5.74, 6) is 2.85. The molecule has 0 N–H and O–H groups in total. The molecule has 4 aliphatic carbocycles. The van der Waals surface area contributed by atoms with Crippen LogP contribution in [0.25, 0.3) is 0 Å². The van der Waals surface area contributed by atoms with Gasteiger partial charge in [0.2, 0.25) is 0 Å². The molecule has 1 heteroatoms. The molecule has 0 spiro atoms. The third-order valence-corrected chi connectivity index (χ3v) is 8.18. The molecule has 3 saturated carbocycles. The zero-order chi connectivity index (χ0) is 14.7. The molecule has 4 rings (SSSR count). The number of aldehydes is 1. The van der Waals surface area contributed by atoms with Crippen molar-refractivity contribution >= 4 is 6.29 Å². The van der Waals surface area contributed by atoms with Gasteiger partial charge in [-0.1, -0.05) is 38.3 Å². The SMILES string of the molecule is C[C@]12CC=C3[C@@H](CCC4CCCC[C@]34C)[C@@H]1CC[C@@H]2C=O. The molecule has 1 nitrogen and oxygen atoms in total. The number of carbonyl (C=O) groups excluding carboxylic acids is 1. The Kier molecular flexibility index (Phi) is 3.14. The van der Waals surface area contributed by atoms with Gasteiger partial charge in [0.1, 0.15) is 6.29 Å². The first-order valence-corrected chi connectivity index (χ1v) is 9.25. The van der Waals surface area contributed by atoms with E-state index in [1.165, 1.54) is 51.2 Å². The van der Waals surface area contributed by atoms with Gasteiger partial charge in [0, 0.05) is 5.92 Å². The van der Waals surface area contributed by atoms with Crippen LogP contribution in [0.1, 0.15) is 71.6 Å². The molecule has 0 aromatic rings. The highest BCUT2D eigenvalue weighted by atomic mass is 16.1. The van der Waals surface area contributed by atoms with Gasteiger partial charge in [0.15, 0.2) is 0 Å². The lowest BCUT2D eigenvalue weighted by molar-refractivity contribution is -0.114. The third-order valence-electron chi connectivity index (χ3n) is 8.18. The highest BCUT2D eigenvalue weighted by Gasteiger charge is 2.56. The minimum atomic E-state index is 0.272. The summed E-state index contributed by atoms with van der Waals surface area (Å²) in [4.78, 5) is 11.5. The molecule has 4 aliphatic rings. The number of rotatable bonds is 1. The normalized spacial score (nSPS) is 52.4. The number of allylic oxidation sites excluding steroid dienone is 2. The minimum absolute atomic E-state index is 0.272. The second-order valence-electron chi connectivity index (χ2n) is 8.84. The molecule has 0 aromatic carbocycles. The number of fused-ring (bicyclic) bond motifs is 5. The Morgan fingerprint density at radius 3 is 2.76 bits per heavy atom. The number of hydrogen-bond donors (Lipinski definition) is 0. The van der Waals surface area contributed by atoms with Crippen molar-refractivity contribution in [2.75, 3.05) is 0 Å². The fraction of sp³-hybridized carbons (Fsp3) is 0.850. The van der Waals surface area contributed by atoms with Crippen LogP contribution in [0.3, 0.4) is 0 Å². The summed E-state index contributed by atoms with van der Waals surface area (Å²) in [6.45, 7) is 4.98. The molecule has 0 bridgehead atoms. The summed E-state index contributed by atoms with van der Waals surface area (Å²) >= 11 is 0. The molecule has 0 radical (unpaired) electrons. The zero-order valence-electron chi connectivity index (χ0n) is 13.7. The van der Waals surface area contributed by atoms with Crippen LogP contribution in [0.4, 0.5) is 0 Å². The first-order valence-electron chi connectivity index (χ1n) is 9.25. The van der Waals surface area contributed by atoms with E-state index in [-0.39, 0.29) is 5.41 Å². The Morgan fingerprint density at radius 1 is 1.10 bits per heavy atom. The third kappa shape index (κ3) is 1.79. The van der Waals surface area contributed by atoms with Crippen molar-refractivity contribution in [3.8, 4) is 0 Å². The second-order valence-corrected chi connectivity index (χ2v) is 8.84. The van der Waals surface area contributed by atoms with Crippen molar-refractivity contribution in [3.63, 3.8) is 0 Å². The smallest absolute Gasteiger partial charge is 0.123 e. The van der Waals surface area contributed by atoms with Gasteiger partial charge in [0.05, 0.1) is 0 Å². The largest absolute Gasteiger partial charge is 0.303 e. The van der Waals surface area contributed by atoms with Crippen LogP contribution in [0.15, 0.2) is 11.6 Å². The van der Waals surface area contributed by atoms with Crippen molar-refractivity contribution in [2.45, 2.75) is 71.6 Å². The molecule has 3 fully saturated rings. The molecule has 116 valence electrons. The van der Waals surface area contributed by atoms with Crippen LogP contribution in [0, 0.1) is 34.5 Å². The first kappa shape index (κ1) is 14.0. The molecule has 1 unspecified atom stereocenters. The summed E-state index contributed by atoms with van der Waals surface area (Å²) in [5, 5.41) is 0. The van der Waals surface area contributed by atoms with Gasteiger partial charge < -0.3 is 4.79 Å². The average molecular weight is 286 g/mol. The average Bonchev–Trinajstić information content (AvgIpc) is 2.83. The van der Waals surface area contributed by atoms with Crippen LogP contribution >= 0.6 is 0 Å². The van der Waals surface area contributed by atoms with Crippen molar-refractivity contribution in [1.29, 1.82) is 0 Å². The quantitative estimate of drug-likeness (QED) is 0.481. The van der Waals surface area contributed by atoms with Gasteiger partial charge in [-0.15, -0.1) is 0 Å². The van der Waals surface area contributed by atoms with E-state index in [1.807, 2.05) is 5.57 Å². The van der Waals surface area contributed by atoms with Crippen LogP contribution in [-0.2, 0) is 4.79 Å². The topological polar surface area (TPSA) is 17.1 Å². The summed E-state index contributed by atoms with van der Waals surface area (Å²) in [6, 6.07) is 0. The first-order chi connectivity index (χ1) is 10.1. The van der Waals surface area contributed by atoms with Crippen LogP contribution in [-0.4, -0.2) is 6.29 Å². The van der Waals surface area contributed by atoms with E-state index in [0.717, 1.165) is 30.6 Å². The standard InChI is InChI=1S/C20H30O/c1-19-11-4-3-5-14(19)6-8-16-17-9-7-15(13-21)20(17,2)12-10-18(16)19/h10,13-17H,3-9,11-12H2,1-2H3/t14?,15-,16+,17+,19+,20-/m1/s1. The van der Waals surface area contributed by atoms with E-state index in [9.17, 15) is 4.79 Å². The molecule has 6 atom stereocenters. The predicted octanol–water partition coefficient (Wildman–Crippen LogP) is 5.15. The highest BCUT2D eigenvalue weighted by molar-refractivity contribution is 5.56. The maximum atomic E-state index is 11.5. The maximum absolute atomic E-state index is 11.5. The summed E-state index contributed by atoms with van der Waals surface area (Å²) in [6.07, 6.45) is 16.1. The van der Waals surface area contributed by atoms with Crippen molar-refractivity contribution in [3.05, 3.63) is 11.6 Å². The zero-order valence-corrected chi connectivity index (χ0v) is 13.7. The minimum Gasteiger partial charge on any atom is -0.303 e. The van der Waals surface area contributed by atoms with Crippen molar-refractivity contribution in [2.24, 2.45) is 34.5 Å². The Morgan fingerprint density at radius 2 is 1.95 bits per heavy atom.